The standard InChI is InChI=1S/C13H16N4S/c1-9-5-3-4-6-11(9)16(2)12-14-15-13(18)17(12)10-7-8-10/h3-6,10H,7-8H2,1-2H3,(H,15,18). The van der Waals surface area contributed by atoms with E-state index in [4.69, 9.17) is 12.2 Å². The Morgan fingerprint density at radius 2 is 2.11 bits per heavy atom. The molecular formula is C13H16N4S. The minimum Gasteiger partial charge on any atom is -0.313 e. The fourth-order valence-electron chi connectivity index (χ4n) is 2.24. The van der Waals surface area contributed by atoms with Gasteiger partial charge in [-0.05, 0) is 43.6 Å². The fraction of sp³-hybridized carbons (Fsp3) is 0.385. The predicted octanol–water partition coefficient (Wildman–Crippen LogP) is 3.35. The lowest BCUT2D eigenvalue weighted by atomic mass is 10.2. The minimum absolute atomic E-state index is 0.526. The van der Waals surface area contributed by atoms with Crippen LogP contribution in [0.2, 0.25) is 0 Å². The summed E-state index contributed by atoms with van der Waals surface area (Å²) >= 11 is 5.31. The third kappa shape index (κ3) is 1.84. The van der Waals surface area contributed by atoms with E-state index in [0.717, 1.165) is 11.6 Å². The van der Waals surface area contributed by atoms with Gasteiger partial charge in [0.1, 0.15) is 0 Å². The highest BCUT2D eigenvalue weighted by molar-refractivity contribution is 7.71. The van der Waals surface area contributed by atoms with Crippen LogP contribution in [0.5, 0.6) is 0 Å². The highest BCUT2D eigenvalue weighted by atomic mass is 32.1. The number of benzene rings is 1. The van der Waals surface area contributed by atoms with Crippen molar-refractivity contribution in [2.75, 3.05) is 11.9 Å². The molecule has 4 nitrogen and oxygen atoms in total. The number of nitrogens with one attached hydrogen (secondary N) is 1. The van der Waals surface area contributed by atoms with Crippen molar-refractivity contribution in [3.8, 4) is 0 Å². The Kier molecular flexibility index (Phi) is 2.70. The molecule has 0 spiro atoms. The molecule has 1 aromatic carbocycles. The van der Waals surface area contributed by atoms with Crippen molar-refractivity contribution in [3.05, 3.63) is 34.6 Å². The molecule has 0 amide bonds. The molecule has 1 aliphatic carbocycles. The topological polar surface area (TPSA) is 36.9 Å². The average Bonchev–Trinajstić information content (AvgIpc) is 3.12. The van der Waals surface area contributed by atoms with Gasteiger partial charge in [-0.25, -0.2) is 5.10 Å². The van der Waals surface area contributed by atoms with E-state index in [1.165, 1.54) is 18.4 Å². The summed E-state index contributed by atoms with van der Waals surface area (Å²) in [5.41, 5.74) is 2.39. The van der Waals surface area contributed by atoms with Crippen LogP contribution < -0.4 is 4.90 Å². The Balaban J connectivity index is 2.05. The van der Waals surface area contributed by atoms with Crippen LogP contribution in [0.4, 0.5) is 11.6 Å². The van der Waals surface area contributed by atoms with Crippen LogP contribution in [0.15, 0.2) is 24.3 Å². The molecule has 1 N–H and O–H groups in total. The van der Waals surface area contributed by atoms with Gasteiger partial charge < -0.3 is 4.90 Å². The van der Waals surface area contributed by atoms with Gasteiger partial charge in [0.2, 0.25) is 5.95 Å². The molecule has 1 aliphatic rings. The summed E-state index contributed by atoms with van der Waals surface area (Å²) in [7, 11) is 2.03. The number of aromatic amines is 1. The molecular weight excluding hydrogens is 244 g/mol. The molecule has 94 valence electrons. The summed E-state index contributed by atoms with van der Waals surface area (Å²) in [6, 6.07) is 8.82. The van der Waals surface area contributed by atoms with Gasteiger partial charge in [-0.2, -0.15) is 0 Å². The lowest BCUT2D eigenvalue weighted by Gasteiger charge is -2.20. The minimum atomic E-state index is 0.526. The predicted molar refractivity (Wildman–Crippen MR) is 74.9 cm³/mol. The van der Waals surface area contributed by atoms with Crippen LogP contribution in [0.25, 0.3) is 0 Å². The maximum Gasteiger partial charge on any atom is 0.230 e. The first-order valence-corrected chi connectivity index (χ1v) is 6.55. The molecule has 0 saturated heterocycles. The third-order valence-electron chi connectivity index (χ3n) is 3.37. The summed E-state index contributed by atoms with van der Waals surface area (Å²) in [5, 5.41) is 7.27. The van der Waals surface area contributed by atoms with E-state index in [1.807, 2.05) is 19.2 Å². The van der Waals surface area contributed by atoms with E-state index in [9.17, 15) is 0 Å². The first kappa shape index (κ1) is 11.5. The van der Waals surface area contributed by atoms with E-state index in [1.54, 1.807) is 0 Å². The monoisotopic (exact) mass is 260 g/mol. The summed E-state index contributed by atoms with van der Waals surface area (Å²) < 4.78 is 2.84. The van der Waals surface area contributed by atoms with Crippen LogP contribution >= 0.6 is 12.2 Å². The lowest BCUT2D eigenvalue weighted by Crippen LogP contribution is -2.16. The summed E-state index contributed by atoms with van der Waals surface area (Å²) in [6.45, 7) is 2.11. The number of H-pyrrole nitrogens is 1. The smallest absolute Gasteiger partial charge is 0.230 e. The quantitative estimate of drug-likeness (QED) is 0.860. The maximum atomic E-state index is 5.31. The SMILES string of the molecule is Cc1ccccc1N(C)c1n[nH]c(=S)n1C1CC1. The van der Waals surface area contributed by atoms with Crippen LogP contribution in [-0.4, -0.2) is 21.8 Å². The Hall–Kier alpha value is -1.62. The Labute approximate surface area is 111 Å². The summed E-state index contributed by atoms with van der Waals surface area (Å²) in [4.78, 5) is 2.10. The van der Waals surface area contributed by atoms with E-state index in [0.29, 0.717) is 10.8 Å². The van der Waals surface area contributed by atoms with Crippen molar-refractivity contribution >= 4 is 23.9 Å². The van der Waals surface area contributed by atoms with E-state index >= 15 is 0 Å². The van der Waals surface area contributed by atoms with Gasteiger partial charge >= 0.3 is 0 Å². The second-order valence-electron chi connectivity index (χ2n) is 4.78. The zero-order chi connectivity index (χ0) is 12.7. The van der Waals surface area contributed by atoms with Gasteiger partial charge in [0.25, 0.3) is 0 Å². The maximum absolute atomic E-state index is 5.31. The number of anilines is 2. The van der Waals surface area contributed by atoms with Gasteiger partial charge in [-0.1, -0.05) is 18.2 Å². The van der Waals surface area contributed by atoms with Gasteiger partial charge in [0.05, 0.1) is 0 Å². The largest absolute Gasteiger partial charge is 0.313 e. The van der Waals surface area contributed by atoms with Crippen molar-refractivity contribution in [1.82, 2.24) is 14.8 Å². The zero-order valence-corrected chi connectivity index (χ0v) is 11.4. The molecule has 0 bridgehead atoms. The fourth-order valence-corrected chi connectivity index (χ4v) is 2.52. The molecule has 0 unspecified atom stereocenters. The molecule has 1 fully saturated rings. The van der Waals surface area contributed by atoms with Crippen LogP contribution in [-0.2, 0) is 0 Å². The summed E-state index contributed by atoms with van der Waals surface area (Å²) in [5.74, 6) is 0.900. The van der Waals surface area contributed by atoms with Gasteiger partial charge in [0.15, 0.2) is 4.77 Å². The molecule has 0 aliphatic heterocycles. The molecule has 1 heterocycles. The van der Waals surface area contributed by atoms with Crippen molar-refractivity contribution in [3.63, 3.8) is 0 Å². The average molecular weight is 260 g/mol. The Bertz CT molecular complexity index is 624. The molecule has 0 atom stereocenters. The normalized spacial score (nSPS) is 14.8. The van der Waals surface area contributed by atoms with E-state index in [2.05, 4.69) is 38.7 Å². The zero-order valence-electron chi connectivity index (χ0n) is 10.6. The second-order valence-corrected chi connectivity index (χ2v) is 5.16. The van der Waals surface area contributed by atoms with Crippen LogP contribution in [0.1, 0.15) is 24.4 Å². The number of nitrogens with zero attached hydrogens (tertiary/aromatic N) is 3. The van der Waals surface area contributed by atoms with Crippen LogP contribution in [0.3, 0.4) is 0 Å². The molecule has 2 aromatic rings. The number of aromatic nitrogens is 3. The number of aryl methyl sites for hydroxylation is 1. The molecule has 18 heavy (non-hydrogen) atoms. The summed E-state index contributed by atoms with van der Waals surface area (Å²) in [6.07, 6.45) is 2.39. The first-order valence-electron chi connectivity index (χ1n) is 6.15. The van der Waals surface area contributed by atoms with Gasteiger partial charge in [-0.15, -0.1) is 5.10 Å². The number of hydrogen-bond donors (Lipinski definition) is 1. The Morgan fingerprint density at radius 3 is 2.78 bits per heavy atom. The molecule has 0 radical (unpaired) electrons. The van der Waals surface area contributed by atoms with Crippen molar-refractivity contribution in [1.29, 1.82) is 0 Å². The molecule has 1 aromatic heterocycles. The lowest BCUT2D eigenvalue weighted by molar-refractivity contribution is 0.722. The number of hydrogen-bond acceptors (Lipinski definition) is 3. The third-order valence-corrected chi connectivity index (χ3v) is 3.66. The molecule has 1 saturated carbocycles. The first-order chi connectivity index (χ1) is 8.68. The van der Waals surface area contributed by atoms with Crippen molar-refractivity contribution in [2.45, 2.75) is 25.8 Å². The number of para-hydroxylation sites is 1. The second kappa shape index (κ2) is 4.24. The van der Waals surface area contributed by atoms with Crippen molar-refractivity contribution in [2.24, 2.45) is 0 Å². The highest BCUT2D eigenvalue weighted by Gasteiger charge is 2.28. The van der Waals surface area contributed by atoms with Crippen molar-refractivity contribution < 1.29 is 0 Å². The van der Waals surface area contributed by atoms with Gasteiger partial charge in [-0.3, -0.25) is 4.57 Å². The van der Waals surface area contributed by atoms with E-state index < -0.39 is 0 Å². The Morgan fingerprint density at radius 1 is 1.39 bits per heavy atom. The van der Waals surface area contributed by atoms with E-state index in [-0.39, 0.29) is 0 Å². The molecule has 5 heteroatoms. The number of rotatable bonds is 3. The molecule has 3 rings (SSSR count). The van der Waals surface area contributed by atoms with Gasteiger partial charge in [0, 0.05) is 18.8 Å². The highest BCUT2D eigenvalue weighted by Crippen LogP contribution is 2.39. The van der Waals surface area contributed by atoms with Crippen LogP contribution in [0, 0.1) is 11.7 Å².